The third kappa shape index (κ3) is 3.22. The maximum atomic E-state index is 12.2. The normalized spacial score (nSPS) is 26.3. The van der Waals surface area contributed by atoms with Gasteiger partial charge in [0.15, 0.2) is 0 Å². The van der Waals surface area contributed by atoms with Crippen molar-refractivity contribution in [1.82, 2.24) is 10.2 Å². The summed E-state index contributed by atoms with van der Waals surface area (Å²) in [6.45, 7) is 4.50. The van der Waals surface area contributed by atoms with Crippen molar-refractivity contribution in [1.29, 1.82) is 0 Å². The molecule has 1 N–H and O–H groups in total. The molecule has 5 nitrogen and oxygen atoms in total. The number of carbonyl (C=O) groups is 2. The van der Waals surface area contributed by atoms with Crippen LogP contribution in [0, 0.1) is 5.92 Å². The third-order valence-corrected chi connectivity index (χ3v) is 3.68. The Morgan fingerprint density at radius 2 is 2.06 bits per heavy atom. The molecule has 0 radical (unpaired) electrons. The van der Waals surface area contributed by atoms with Gasteiger partial charge in [-0.2, -0.15) is 0 Å². The Morgan fingerprint density at radius 1 is 1.33 bits per heavy atom. The molecule has 2 aliphatic rings. The molecule has 0 bridgehead atoms. The molecule has 18 heavy (non-hydrogen) atoms. The van der Waals surface area contributed by atoms with Gasteiger partial charge in [-0.15, -0.1) is 0 Å². The van der Waals surface area contributed by atoms with Gasteiger partial charge in [0.1, 0.15) is 6.04 Å². The van der Waals surface area contributed by atoms with Crippen LogP contribution in [0.2, 0.25) is 0 Å². The average Bonchev–Trinajstić information content (AvgIpc) is 2.36. The fraction of sp³-hybridized carbons (Fsp3) is 0.846. The van der Waals surface area contributed by atoms with Gasteiger partial charge in [0.25, 0.3) is 0 Å². The van der Waals surface area contributed by atoms with E-state index in [1.807, 2.05) is 6.92 Å². The molecule has 2 fully saturated rings. The van der Waals surface area contributed by atoms with Crippen LogP contribution in [-0.2, 0) is 14.3 Å². The molecular formula is C13H22N2O3. The molecule has 0 aromatic carbocycles. The van der Waals surface area contributed by atoms with Crippen LogP contribution in [0.15, 0.2) is 0 Å². The van der Waals surface area contributed by atoms with Gasteiger partial charge >= 0.3 is 0 Å². The number of amides is 2. The van der Waals surface area contributed by atoms with Crippen LogP contribution >= 0.6 is 0 Å². The Kier molecular flexibility index (Phi) is 4.58. The second-order valence-electron chi connectivity index (χ2n) is 5.18. The van der Waals surface area contributed by atoms with Crippen LogP contribution in [-0.4, -0.2) is 49.1 Å². The van der Waals surface area contributed by atoms with E-state index in [0.717, 1.165) is 38.9 Å². The number of hydrogen-bond donors (Lipinski definition) is 1. The van der Waals surface area contributed by atoms with E-state index >= 15 is 0 Å². The minimum Gasteiger partial charge on any atom is -0.381 e. The maximum Gasteiger partial charge on any atom is 0.245 e. The molecule has 2 saturated heterocycles. The summed E-state index contributed by atoms with van der Waals surface area (Å²) in [5.74, 6) is 0.541. The van der Waals surface area contributed by atoms with E-state index in [4.69, 9.17) is 4.74 Å². The second-order valence-corrected chi connectivity index (χ2v) is 5.18. The molecule has 0 saturated carbocycles. The first-order valence-electron chi connectivity index (χ1n) is 6.86. The summed E-state index contributed by atoms with van der Waals surface area (Å²) < 4.78 is 5.31. The zero-order chi connectivity index (χ0) is 13.0. The predicted octanol–water partition coefficient (Wildman–Crippen LogP) is 0.540. The van der Waals surface area contributed by atoms with Crippen molar-refractivity contribution in [3.8, 4) is 0 Å². The number of rotatable bonds is 4. The molecule has 5 heteroatoms. The predicted molar refractivity (Wildman–Crippen MR) is 67.0 cm³/mol. The zero-order valence-corrected chi connectivity index (χ0v) is 11.0. The van der Waals surface area contributed by atoms with Gasteiger partial charge in [0.05, 0.1) is 6.54 Å². The Morgan fingerprint density at radius 3 is 2.72 bits per heavy atom. The van der Waals surface area contributed by atoms with Gasteiger partial charge < -0.3 is 15.0 Å². The minimum absolute atomic E-state index is 0.0277. The van der Waals surface area contributed by atoms with Crippen molar-refractivity contribution < 1.29 is 14.3 Å². The Labute approximate surface area is 108 Å². The molecule has 102 valence electrons. The molecule has 2 amide bonds. The van der Waals surface area contributed by atoms with Crippen molar-refractivity contribution >= 4 is 11.8 Å². The smallest absolute Gasteiger partial charge is 0.245 e. The summed E-state index contributed by atoms with van der Waals surface area (Å²) >= 11 is 0. The Hall–Kier alpha value is -1.10. The van der Waals surface area contributed by atoms with Gasteiger partial charge in [0, 0.05) is 19.8 Å². The summed E-state index contributed by atoms with van der Waals surface area (Å²) in [6.07, 6.45) is 3.62. The fourth-order valence-electron chi connectivity index (χ4n) is 2.65. The van der Waals surface area contributed by atoms with Crippen LogP contribution in [0.3, 0.4) is 0 Å². The Balaban J connectivity index is 1.92. The summed E-state index contributed by atoms with van der Waals surface area (Å²) in [5.41, 5.74) is 0. The lowest BCUT2D eigenvalue weighted by Gasteiger charge is -2.35. The van der Waals surface area contributed by atoms with E-state index in [1.165, 1.54) is 0 Å². The molecule has 0 aliphatic carbocycles. The molecule has 0 aromatic heterocycles. The highest BCUT2D eigenvalue weighted by Gasteiger charge is 2.33. The molecule has 2 aliphatic heterocycles. The van der Waals surface area contributed by atoms with E-state index in [0.29, 0.717) is 12.5 Å². The molecular weight excluding hydrogens is 232 g/mol. The lowest BCUT2D eigenvalue weighted by atomic mass is 9.98. The highest BCUT2D eigenvalue weighted by atomic mass is 16.5. The van der Waals surface area contributed by atoms with Gasteiger partial charge in [0.2, 0.25) is 11.8 Å². The van der Waals surface area contributed by atoms with Gasteiger partial charge in [-0.3, -0.25) is 9.59 Å². The van der Waals surface area contributed by atoms with Crippen molar-refractivity contribution in [3.63, 3.8) is 0 Å². The third-order valence-electron chi connectivity index (χ3n) is 3.68. The van der Waals surface area contributed by atoms with E-state index in [9.17, 15) is 9.59 Å². The quantitative estimate of drug-likeness (QED) is 0.796. The second kappa shape index (κ2) is 6.18. The topological polar surface area (TPSA) is 58.6 Å². The Bertz CT molecular complexity index is 313. The minimum atomic E-state index is -0.309. The number of carbonyl (C=O) groups excluding carboxylic acids is 2. The lowest BCUT2D eigenvalue weighted by molar-refractivity contribution is -0.145. The van der Waals surface area contributed by atoms with E-state index in [-0.39, 0.29) is 24.4 Å². The van der Waals surface area contributed by atoms with E-state index < -0.39 is 0 Å². The van der Waals surface area contributed by atoms with Crippen molar-refractivity contribution in [3.05, 3.63) is 0 Å². The van der Waals surface area contributed by atoms with Gasteiger partial charge in [-0.25, -0.2) is 0 Å². The van der Waals surface area contributed by atoms with Crippen LogP contribution in [0.1, 0.15) is 32.6 Å². The highest BCUT2D eigenvalue weighted by molar-refractivity contribution is 5.94. The van der Waals surface area contributed by atoms with Crippen LogP contribution in [0.5, 0.6) is 0 Å². The van der Waals surface area contributed by atoms with E-state index in [1.54, 1.807) is 4.90 Å². The molecule has 2 rings (SSSR count). The SMILES string of the molecule is CCCC1NC(=O)CN(CC2CCOCC2)C1=O. The molecule has 0 aromatic rings. The highest BCUT2D eigenvalue weighted by Crippen LogP contribution is 2.18. The van der Waals surface area contributed by atoms with Crippen LogP contribution < -0.4 is 5.32 Å². The first kappa shape index (κ1) is 13.3. The lowest BCUT2D eigenvalue weighted by Crippen LogP contribution is -2.58. The zero-order valence-electron chi connectivity index (χ0n) is 11.0. The summed E-state index contributed by atoms with van der Waals surface area (Å²) in [5, 5.41) is 2.78. The number of hydrogen-bond acceptors (Lipinski definition) is 3. The average molecular weight is 254 g/mol. The number of nitrogens with zero attached hydrogens (tertiary/aromatic N) is 1. The number of ether oxygens (including phenoxy) is 1. The van der Waals surface area contributed by atoms with Gasteiger partial charge in [-0.05, 0) is 25.2 Å². The molecule has 1 unspecified atom stereocenters. The summed E-state index contributed by atoms with van der Waals surface area (Å²) in [7, 11) is 0. The summed E-state index contributed by atoms with van der Waals surface area (Å²) in [6, 6.07) is -0.309. The summed E-state index contributed by atoms with van der Waals surface area (Å²) in [4.78, 5) is 25.6. The number of piperazine rings is 1. The van der Waals surface area contributed by atoms with Crippen LogP contribution in [0.4, 0.5) is 0 Å². The molecule has 0 spiro atoms. The standard InChI is InChI=1S/C13H22N2O3/c1-2-3-11-13(17)15(9-12(16)14-11)8-10-4-6-18-7-5-10/h10-11H,2-9H2,1H3,(H,14,16). The largest absolute Gasteiger partial charge is 0.381 e. The van der Waals surface area contributed by atoms with Crippen LogP contribution in [0.25, 0.3) is 0 Å². The van der Waals surface area contributed by atoms with Crippen molar-refractivity contribution in [2.24, 2.45) is 5.92 Å². The maximum absolute atomic E-state index is 12.2. The number of nitrogens with one attached hydrogen (secondary N) is 1. The fourth-order valence-corrected chi connectivity index (χ4v) is 2.65. The molecule has 2 heterocycles. The van der Waals surface area contributed by atoms with Crippen molar-refractivity contribution in [2.45, 2.75) is 38.6 Å². The van der Waals surface area contributed by atoms with Gasteiger partial charge in [-0.1, -0.05) is 13.3 Å². The monoisotopic (exact) mass is 254 g/mol. The first-order chi connectivity index (χ1) is 8.70. The van der Waals surface area contributed by atoms with Crippen molar-refractivity contribution in [2.75, 3.05) is 26.3 Å². The van der Waals surface area contributed by atoms with E-state index in [2.05, 4.69) is 5.32 Å². The first-order valence-corrected chi connectivity index (χ1v) is 6.86. The molecule has 1 atom stereocenters.